The van der Waals surface area contributed by atoms with Crippen LogP contribution < -0.4 is 0 Å². The SMILES string of the molecule is CCC(CC)(CC[N+](=O)[O-])C(=O)O. The van der Waals surface area contributed by atoms with Crippen LogP contribution in [-0.2, 0) is 4.79 Å². The summed E-state index contributed by atoms with van der Waals surface area (Å²) in [6, 6.07) is 0. The smallest absolute Gasteiger partial charge is 0.309 e. The van der Waals surface area contributed by atoms with Gasteiger partial charge in [0.1, 0.15) is 0 Å². The third kappa shape index (κ3) is 3.01. The van der Waals surface area contributed by atoms with E-state index in [1.165, 1.54) is 0 Å². The van der Waals surface area contributed by atoms with Crippen molar-refractivity contribution in [3.63, 3.8) is 0 Å². The van der Waals surface area contributed by atoms with E-state index in [1.54, 1.807) is 13.8 Å². The van der Waals surface area contributed by atoms with E-state index in [0.29, 0.717) is 12.8 Å². The number of hydrogen-bond donors (Lipinski definition) is 1. The van der Waals surface area contributed by atoms with Crippen LogP contribution in [0.25, 0.3) is 0 Å². The molecular formula is C8H15NO4. The van der Waals surface area contributed by atoms with Gasteiger partial charge in [-0.3, -0.25) is 14.9 Å². The van der Waals surface area contributed by atoms with E-state index in [4.69, 9.17) is 5.11 Å². The fourth-order valence-corrected chi connectivity index (χ4v) is 1.32. The first-order valence-corrected chi connectivity index (χ1v) is 4.33. The van der Waals surface area contributed by atoms with E-state index in [-0.39, 0.29) is 13.0 Å². The van der Waals surface area contributed by atoms with E-state index in [0.717, 1.165) is 0 Å². The minimum absolute atomic E-state index is 0.113. The number of aliphatic carboxylic acids is 1. The standard InChI is InChI=1S/C8H15NO4/c1-3-8(4-2,7(10)11)5-6-9(12)13/h3-6H2,1-2H3,(H,10,11). The minimum atomic E-state index is -0.931. The lowest BCUT2D eigenvalue weighted by atomic mass is 9.79. The summed E-state index contributed by atoms with van der Waals surface area (Å²) in [4.78, 5) is 20.5. The minimum Gasteiger partial charge on any atom is -0.481 e. The number of rotatable bonds is 6. The van der Waals surface area contributed by atoms with Gasteiger partial charge >= 0.3 is 5.97 Å². The molecule has 76 valence electrons. The second kappa shape index (κ2) is 4.79. The average molecular weight is 189 g/mol. The molecule has 0 spiro atoms. The van der Waals surface area contributed by atoms with Crippen molar-refractivity contribution in [1.82, 2.24) is 0 Å². The first kappa shape index (κ1) is 11.9. The van der Waals surface area contributed by atoms with Gasteiger partial charge in [0.25, 0.3) is 0 Å². The zero-order chi connectivity index (χ0) is 10.5. The molecule has 0 aromatic heterocycles. The highest BCUT2D eigenvalue weighted by Crippen LogP contribution is 2.30. The monoisotopic (exact) mass is 189 g/mol. The third-order valence-corrected chi connectivity index (χ3v) is 2.58. The number of carboxylic acid groups (broad SMARTS) is 1. The van der Waals surface area contributed by atoms with Crippen molar-refractivity contribution in [2.24, 2.45) is 5.41 Å². The van der Waals surface area contributed by atoms with E-state index < -0.39 is 16.3 Å². The highest BCUT2D eigenvalue weighted by molar-refractivity contribution is 5.74. The summed E-state index contributed by atoms with van der Waals surface area (Å²) in [6.07, 6.45) is 0.988. The predicted octanol–water partition coefficient (Wildman–Crippen LogP) is 1.54. The molecule has 0 heterocycles. The van der Waals surface area contributed by atoms with Crippen molar-refractivity contribution in [2.75, 3.05) is 6.54 Å². The van der Waals surface area contributed by atoms with Gasteiger partial charge in [-0.05, 0) is 12.8 Å². The Balaban J connectivity index is 4.39. The fourth-order valence-electron chi connectivity index (χ4n) is 1.32. The van der Waals surface area contributed by atoms with E-state index in [2.05, 4.69) is 0 Å². The molecule has 0 rings (SSSR count). The maximum Gasteiger partial charge on any atom is 0.309 e. The highest BCUT2D eigenvalue weighted by atomic mass is 16.6. The van der Waals surface area contributed by atoms with Crippen LogP contribution in [0, 0.1) is 15.5 Å². The number of carboxylic acids is 1. The molecule has 5 nitrogen and oxygen atoms in total. The average Bonchev–Trinajstić information content (AvgIpc) is 2.06. The number of hydrogen-bond acceptors (Lipinski definition) is 3. The molecule has 0 amide bonds. The molecule has 5 heteroatoms. The summed E-state index contributed by atoms with van der Waals surface area (Å²) in [5.41, 5.74) is -0.910. The molecule has 0 fully saturated rings. The lowest BCUT2D eigenvalue weighted by Gasteiger charge is -2.24. The quantitative estimate of drug-likeness (QED) is 0.507. The van der Waals surface area contributed by atoms with Gasteiger partial charge in [-0.25, -0.2) is 0 Å². The van der Waals surface area contributed by atoms with Gasteiger partial charge in [-0.1, -0.05) is 13.8 Å². The van der Waals surface area contributed by atoms with Gasteiger partial charge in [-0.2, -0.15) is 0 Å². The van der Waals surface area contributed by atoms with Crippen LogP contribution >= 0.6 is 0 Å². The molecule has 0 saturated heterocycles. The highest BCUT2D eigenvalue weighted by Gasteiger charge is 2.35. The van der Waals surface area contributed by atoms with Crippen molar-refractivity contribution < 1.29 is 14.8 Å². The molecule has 0 aromatic rings. The van der Waals surface area contributed by atoms with Crippen LogP contribution in [0.5, 0.6) is 0 Å². The van der Waals surface area contributed by atoms with Crippen molar-refractivity contribution in [3.8, 4) is 0 Å². The Labute approximate surface area is 76.9 Å². The number of nitrogens with zero attached hydrogens (tertiary/aromatic N) is 1. The molecule has 1 N–H and O–H groups in total. The summed E-state index contributed by atoms with van der Waals surface area (Å²) < 4.78 is 0. The Morgan fingerprint density at radius 2 is 1.92 bits per heavy atom. The number of carbonyl (C=O) groups is 1. The first-order chi connectivity index (χ1) is 5.98. The van der Waals surface area contributed by atoms with E-state index in [9.17, 15) is 14.9 Å². The molecule has 0 saturated carbocycles. The lowest BCUT2D eigenvalue weighted by Crippen LogP contribution is -2.31. The van der Waals surface area contributed by atoms with E-state index in [1.807, 2.05) is 0 Å². The van der Waals surface area contributed by atoms with Gasteiger partial charge in [0, 0.05) is 11.3 Å². The number of nitro groups is 1. The Hall–Kier alpha value is -1.13. The van der Waals surface area contributed by atoms with Crippen molar-refractivity contribution in [2.45, 2.75) is 33.1 Å². The molecule has 0 aliphatic rings. The van der Waals surface area contributed by atoms with Gasteiger partial charge in [0.05, 0.1) is 5.41 Å². The van der Waals surface area contributed by atoms with E-state index >= 15 is 0 Å². The van der Waals surface area contributed by atoms with Crippen LogP contribution in [0.3, 0.4) is 0 Å². The summed E-state index contributed by atoms with van der Waals surface area (Å²) in [7, 11) is 0. The van der Waals surface area contributed by atoms with Gasteiger partial charge < -0.3 is 5.11 Å². The molecule has 0 radical (unpaired) electrons. The normalized spacial score (nSPS) is 11.2. The van der Waals surface area contributed by atoms with Crippen molar-refractivity contribution >= 4 is 5.97 Å². The molecule has 0 aliphatic carbocycles. The maximum absolute atomic E-state index is 10.9. The molecular weight excluding hydrogens is 174 g/mol. The summed E-state index contributed by atoms with van der Waals surface area (Å²) in [5.74, 6) is -0.931. The summed E-state index contributed by atoms with van der Waals surface area (Å²) in [5, 5.41) is 19.0. The van der Waals surface area contributed by atoms with Gasteiger partial charge in [-0.15, -0.1) is 0 Å². The zero-order valence-electron chi connectivity index (χ0n) is 7.95. The largest absolute Gasteiger partial charge is 0.481 e. The maximum atomic E-state index is 10.9. The van der Waals surface area contributed by atoms with Gasteiger partial charge in [0.15, 0.2) is 0 Å². The zero-order valence-corrected chi connectivity index (χ0v) is 7.95. The first-order valence-electron chi connectivity index (χ1n) is 4.33. The molecule has 13 heavy (non-hydrogen) atoms. The fraction of sp³-hybridized carbons (Fsp3) is 0.875. The summed E-state index contributed by atoms with van der Waals surface area (Å²) >= 11 is 0. The molecule has 0 unspecified atom stereocenters. The Bertz CT molecular complexity index is 198. The Morgan fingerprint density at radius 3 is 2.15 bits per heavy atom. The topological polar surface area (TPSA) is 80.4 Å². The Morgan fingerprint density at radius 1 is 1.46 bits per heavy atom. The lowest BCUT2D eigenvalue weighted by molar-refractivity contribution is -0.482. The molecule has 0 bridgehead atoms. The van der Waals surface area contributed by atoms with Crippen LogP contribution in [-0.4, -0.2) is 22.5 Å². The molecule has 0 aliphatic heterocycles. The van der Waals surface area contributed by atoms with Crippen LogP contribution in [0.2, 0.25) is 0 Å². The molecule has 0 aromatic carbocycles. The second-order valence-corrected chi connectivity index (χ2v) is 3.10. The summed E-state index contributed by atoms with van der Waals surface area (Å²) in [6.45, 7) is 3.23. The van der Waals surface area contributed by atoms with Gasteiger partial charge in [0.2, 0.25) is 6.54 Å². The van der Waals surface area contributed by atoms with Crippen LogP contribution in [0.1, 0.15) is 33.1 Å². The predicted molar refractivity (Wildman–Crippen MR) is 47.1 cm³/mol. The van der Waals surface area contributed by atoms with Crippen molar-refractivity contribution in [3.05, 3.63) is 10.1 Å². The third-order valence-electron chi connectivity index (χ3n) is 2.58. The molecule has 0 atom stereocenters. The Kier molecular flexibility index (Phi) is 4.37. The van der Waals surface area contributed by atoms with Crippen LogP contribution in [0.4, 0.5) is 0 Å². The second-order valence-electron chi connectivity index (χ2n) is 3.10. The van der Waals surface area contributed by atoms with Crippen LogP contribution in [0.15, 0.2) is 0 Å². The van der Waals surface area contributed by atoms with Crippen molar-refractivity contribution in [1.29, 1.82) is 0 Å².